The van der Waals surface area contributed by atoms with Crippen molar-refractivity contribution in [1.29, 1.82) is 0 Å². The number of amides is 1. The highest BCUT2D eigenvalue weighted by molar-refractivity contribution is 7.92. The monoisotopic (exact) mass is 501 g/mol. The molecule has 3 atom stereocenters. The maximum atomic E-state index is 13.6. The summed E-state index contributed by atoms with van der Waals surface area (Å²) < 4.78 is 34.6. The molecule has 0 spiro atoms. The number of hydrogen-bond donors (Lipinski definition) is 2. The number of carbonyl (C=O) groups is 1. The van der Waals surface area contributed by atoms with Crippen molar-refractivity contribution in [2.24, 2.45) is 11.8 Å². The van der Waals surface area contributed by atoms with Crippen LogP contribution in [0.4, 0.5) is 5.69 Å². The molecule has 0 unspecified atom stereocenters. The van der Waals surface area contributed by atoms with Crippen molar-refractivity contribution in [3.63, 3.8) is 0 Å². The number of nitrogens with one attached hydrogen (secondary N) is 1. The van der Waals surface area contributed by atoms with E-state index in [-0.39, 0.29) is 46.7 Å². The van der Waals surface area contributed by atoms with Gasteiger partial charge in [-0.1, -0.05) is 25.1 Å². The van der Waals surface area contributed by atoms with Gasteiger partial charge in [0.25, 0.3) is 15.9 Å². The third kappa shape index (κ3) is 6.15. The predicted molar refractivity (Wildman–Crippen MR) is 135 cm³/mol. The molecule has 1 aliphatic heterocycles. The highest BCUT2D eigenvalue weighted by Crippen LogP contribution is 2.32. The molecule has 1 aliphatic carbocycles. The van der Waals surface area contributed by atoms with E-state index in [2.05, 4.69) is 23.6 Å². The second-order valence-corrected chi connectivity index (χ2v) is 11.6. The standard InChI is InChI=1S/C26H35N3O5S/c1-18-14-29(19(2)17-30)26(31)23-13-21(27-35(32,33)22-7-5-4-6-8-22)11-12-24(23)34-25(18)16-28(3)15-20-9-10-20/h4-8,11-13,18-20,25,27,30H,9-10,14-17H2,1-3H3/t18-,19+,25-/m0/s1. The highest BCUT2D eigenvalue weighted by Gasteiger charge is 2.34. The molecule has 0 aromatic heterocycles. The molecule has 2 aromatic carbocycles. The Kier molecular flexibility index (Phi) is 7.68. The number of fused-ring (bicyclic) bond motifs is 1. The van der Waals surface area contributed by atoms with E-state index in [4.69, 9.17) is 4.74 Å². The quantitative estimate of drug-likeness (QED) is 0.548. The molecule has 190 valence electrons. The van der Waals surface area contributed by atoms with Crippen molar-refractivity contribution in [3.8, 4) is 5.75 Å². The molecule has 9 heteroatoms. The molecule has 0 radical (unpaired) electrons. The normalized spacial score (nSPS) is 21.6. The fourth-order valence-corrected chi connectivity index (χ4v) is 5.51. The zero-order chi connectivity index (χ0) is 25.2. The van der Waals surface area contributed by atoms with E-state index in [1.165, 1.54) is 31.0 Å². The summed E-state index contributed by atoms with van der Waals surface area (Å²) in [4.78, 5) is 17.6. The molecule has 1 amide bonds. The molecule has 0 saturated heterocycles. The van der Waals surface area contributed by atoms with Crippen LogP contribution in [0.1, 0.15) is 37.0 Å². The van der Waals surface area contributed by atoms with Gasteiger partial charge in [0.05, 0.1) is 23.1 Å². The van der Waals surface area contributed by atoms with Gasteiger partial charge < -0.3 is 19.6 Å². The van der Waals surface area contributed by atoms with Gasteiger partial charge in [0, 0.05) is 31.2 Å². The zero-order valence-corrected chi connectivity index (χ0v) is 21.4. The smallest absolute Gasteiger partial charge is 0.261 e. The van der Waals surface area contributed by atoms with Crippen LogP contribution in [0.25, 0.3) is 0 Å². The average molecular weight is 502 g/mol. The van der Waals surface area contributed by atoms with Gasteiger partial charge in [0.15, 0.2) is 0 Å². The van der Waals surface area contributed by atoms with E-state index in [9.17, 15) is 18.3 Å². The van der Waals surface area contributed by atoms with E-state index in [1.54, 1.807) is 35.2 Å². The van der Waals surface area contributed by atoms with Gasteiger partial charge >= 0.3 is 0 Å². The molecule has 4 rings (SSSR count). The third-order valence-electron chi connectivity index (χ3n) is 6.73. The number of sulfonamides is 1. The zero-order valence-electron chi connectivity index (χ0n) is 20.6. The maximum Gasteiger partial charge on any atom is 0.261 e. The minimum Gasteiger partial charge on any atom is -0.488 e. The van der Waals surface area contributed by atoms with Gasteiger partial charge in [-0.3, -0.25) is 9.52 Å². The van der Waals surface area contributed by atoms with Crippen LogP contribution in [0.5, 0.6) is 5.75 Å². The molecule has 2 aromatic rings. The number of ether oxygens (including phenoxy) is 1. The Morgan fingerprint density at radius 3 is 2.54 bits per heavy atom. The summed E-state index contributed by atoms with van der Waals surface area (Å²) in [5, 5.41) is 9.83. The summed E-state index contributed by atoms with van der Waals surface area (Å²) in [6, 6.07) is 12.5. The SMILES string of the molecule is C[C@H](CO)N1C[C@H](C)[C@H](CN(C)CC2CC2)Oc2ccc(NS(=O)(=O)c3ccccc3)cc2C1=O. The number of benzene rings is 2. The lowest BCUT2D eigenvalue weighted by molar-refractivity contribution is 0.0344. The minimum atomic E-state index is -3.81. The van der Waals surface area contributed by atoms with Crippen LogP contribution in [0.15, 0.2) is 53.4 Å². The summed E-state index contributed by atoms with van der Waals surface area (Å²) in [6.07, 6.45) is 2.38. The molecular formula is C26H35N3O5S. The van der Waals surface area contributed by atoms with E-state index < -0.39 is 10.0 Å². The molecular weight excluding hydrogens is 466 g/mol. The lowest BCUT2D eigenvalue weighted by atomic mass is 9.99. The summed E-state index contributed by atoms with van der Waals surface area (Å²) in [7, 11) is -1.72. The number of nitrogens with zero attached hydrogens (tertiary/aromatic N) is 2. The van der Waals surface area contributed by atoms with Crippen molar-refractivity contribution >= 4 is 21.6 Å². The van der Waals surface area contributed by atoms with Gasteiger partial charge in [-0.15, -0.1) is 0 Å². The van der Waals surface area contributed by atoms with Gasteiger partial charge in [-0.05, 0) is 63.1 Å². The molecule has 1 saturated carbocycles. The molecule has 2 aliphatic rings. The molecule has 1 heterocycles. The average Bonchev–Trinajstić information content (AvgIpc) is 3.65. The van der Waals surface area contributed by atoms with Crippen molar-refractivity contribution in [1.82, 2.24) is 9.80 Å². The Hall–Kier alpha value is -2.62. The van der Waals surface area contributed by atoms with E-state index in [0.29, 0.717) is 12.3 Å². The van der Waals surface area contributed by atoms with Gasteiger partial charge in [0.2, 0.25) is 0 Å². The third-order valence-corrected chi connectivity index (χ3v) is 8.13. The van der Waals surface area contributed by atoms with Crippen LogP contribution in [0.3, 0.4) is 0 Å². The molecule has 8 nitrogen and oxygen atoms in total. The van der Waals surface area contributed by atoms with Crippen LogP contribution < -0.4 is 9.46 Å². The van der Waals surface area contributed by atoms with Gasteiger partial charge in [-0.25, -0.2) is 8.42 Å². The minimum absolute atomic E-state index is 0.0408. The van der Waals surface area contributed by atoms with Crippen molar-refractivity contribution < 1.29 is 23.1 Å². The number of anilines is 1. The van der Waals surface area contributed by atoms with E-state index in [0.717, 1.165) is 19.0 Å². The van der Waals surface area contributed by atoms with Crippen molar-refractivity contribution in [2.75, 3.05) is 38.0 Å². The van der Waals surface area contributed by atoms with Crippen molar-refractivity contribution in [3.05, 3.63) is 54.1 Å². The molecule has 35 heavy (non-hydrogen) atoms. The van der Waals surface area contributed by atoms with Gasteiger partial charge in [0.1, 0.15) is 11.9 Å². The van der Waals surface area contributed by atoms with Crippen LogP contribution in [-0.4, -0.2) is 74.7 Å². The lowest BCUT2D eigenvalue weighted by Gasteiger charge is -2.38. The maximum absolute atomic E-state index is 13.6. The first-order chi connectivity index (χ1) is 16.7. The van der Waals surface area contributed by atoms with Crippen LogP contribution in [0, 0.1) is 11.8 Å². The fourth-order valence-electron chi connectivity index (χ4n) is 4.44. The topological polar surface area (TPSA) is 99.2 Å². The van der Waals surface area contributed by atoms with Crippen LogP contribution in [-0.2, 0) is 10.0 Å². The Balaban J connectivity index is 1.64. The summed E-state index contributed by atoms with van der Waals surface area (Å²) in [5.41, 5.74) is 0.553. The Bertz CT molecular complexity index is 1140. The Morgan fingerprint density at radius 1 is 1.17 bits per heavy atom. The van der Waals surface area contributed by atoms with Gasteiger partial charge in [-0.2, -0.15) is 0 Å². The molecule has 2 N–H and O–H groups in total. The predicted octanol–water partition coefficient (Wildman–Crippen LogP) is 3.05. The number of hydrogen-bond acceptors (Lipinski definition) is 6. The van der Waals surface area contributed by atoms with Crippen LogP contribution >= 0.6 is 0 Å². The Morgan fingerprint density at radius 2 is 1.89 bits per heavy atom. The lowest BCUT2D eigenvalue weighted by Crippen LogP contribution is -2.50. The fraction of sp³-hybridized carbons (Fsp3) is 0.500. The first-order valence-corrected chi connectivity index (χ1v) is 13.6. The number of aliphatic hydroxyl groups excluding tert-OH is 1. The Labute approximate surface area is 207 Å². The molecule has 1 fully saturated rings. The second kappa shape index (κ2) is 10.6. The number of likely N-dealkylation sites (N-methyl/N-ethyl adjacent to an activating group) is 1. The number of aliphatic hydroxyl groups is 1. The van der Waals surface area contributed by atoms with E-state index >= 15 is 0 Å². The first kappa shape index (κ1) is 25.5. The summed E-state index contributed by atoms with van der Waals surface area (Å²) >= 11 is 0. The summed E-state index contributed by atoms with van der Waals surface area (Å²) in [5.74, 6) is 0.922. The summed E-state index contributed by atoms with van der Waals surface area (Å²) in [6.45, 7) is 5.88. The first-order valence-electron chi connectivity index (χ1n) is 12.2. The second-order valence-electron chi connectivity index (χ2n) is 9.92. The number of carbonyl (C=O) groups excluding carboxylic acids is 1. The van der Waals surface area contributed by atoms with E-state index in [1.807, 2.05) is 6.92 Å². The number of rotatable bonds is 9. The largest absolute Gasteiger partial charge is 0.488 e. The molecule has 0 bridgehead atoms. The highest BCUT2D eigenvalue weighted by atomic mass is 32.2. The van der Waals surface area contributed by atoms with Crippen LogP contribution in [0.2, 0.25) is 0 Å². The van der Waals surface area contributed by atoms with Crippen molar-refractivity contribution in [2.45, 2.75) is 43.7 Å².